The Hall–Kier alpha value is -2.69. The number of esters is 3. The maximum absolute atomic E-state index is 12.0. The van der Waals surface area contributed by atoms with Gasteiger partial charge in [-0.3, -0.25) is 19.2 Å². The number of hydrogen-bond donors (Lipinski definition) is 1. The summed E-state index contributed by atoms with van der Waals surface area (Å²) in [5.41, 5.74) is 6.14. The van der Waals surface area contributed by atoms with Crippen molar-refractivity contribution in [3.05, 3.63) is 35.9 Å². The number of ether oxygens (including phenoxy) is 5. The van der Waals surface area contributed by atoms with Gasteiger partial charge in [-0.25, -0.2) is 0 Å². The number of benzene rings is 1. The highest BCUT2D eigenvalue weighted by Crippen LogP contribution is 2.30. The van der Waals surface area contributed by atoms with E-state index in [1.165, 1.54) is 0 Å². The molecular weight excluding hydrogens is 422 g/mol. The van der Waals surface area contributed by atoms with Crippen LogP contribution in [-0.2, 0) is 49.5 Å². The Morgan fingerprint density at radius 3 is 2.13 bits per heavy atom. The number of alkyl halides is 1. The first kappa shape index (κ1) is 23.6. The van der Waals surface area contributed by atoms with Crippen LogP contribution in [0.5, 0.6) is 0 Å². The summed E-state index contributed by atoms with van der Waals surface area (Å²) in [5, 5.41) is 0. The molecule has 1 aliphatic heterocycles. The number of primary amides is 1. The van der Waals surface area contributed by atoms with E-state index in [1.54, 1.807) is 24.3 Å². The molecule has 1 aromatic rings. The van der Waals surface area contributed by atoms with Crippen molar-refractivity contribution in [1.29, 1.82) is 0 Å². The molecule has 2 rings (SSSR count). The van der Waals surface area contributed by atoms with E-state index in [0.29, 0.717) is 0 Å². The normalized spacial score (nSPS) is 25.8. The molecule has 30 heavy (non-hydrogen) atoms. The molecule has 0 aromatic heterocycles. The second-order valence-electron chi connectivity index (χ2n) is 6.36. The molecule has 1 aliphatic rings. The number of rotatable bonds is 8. The lowest BCUT2D eigenvalue weighted by Gasteiger charge is -2.43. The van der Waals surface area contributed by atoms with Crippen LogP contribution in [-0.4, -0.2) is 60.4 Å². The van der Waals surface area contributed by atoms with Crippen LogP contribution in [0.15, 0.2) is 30.3 Å². The van der Waals surface area contributed by atoms with E-state index in [4.69, 9.17) is 41.0 Å². The molecule has 2 N–H and O–H groups in total. The monoisotopic (exact) mass is 443 g/mol. The molecule has 10 nitrogen and oxygen atoms in total. The van der Waals surface area contributed by atoms with Gasteiger partial charge in [0.15, 0.2) is 18.3 Å². The smallest absolute Gasteiger partial charge is 0.321 e. The van der Waals surface area contributed by atoms with Gasteiger partial charge in [-0.1, -0.05) is 30.3 Å². The molecule has 0 spiro atoms. The topological polar surface area (TPSA) is 140 Å². The van der Waals surface area contributed by atoms with Crippen molar-refractivity contribution in [2.75, 3.05) is 5.88 Å². The fourth-order valence-corrected chi connectivity index (χ4v) is 2.95. The maximum atomic E-state index is 12.0. The molecule has 0 saturated carbocycles. The van der Waals surface area contributed by atoms with Gasteiger partial charge in [-0.05, 0) is 5.56 Å². The van der Waals surface area contributed by atoms with E-state index < -0.39 is 60.4 Å². The third-order valence-electron chi connectivity index (χ3n) is 4.02. The van der Waals surface area contributed by atoms with Crippen LogP contribution in [0.2, 0.25) is 0 Å². The molecule has 164 valence electrons. The van der Waals surface area contributed by atoms with Gasteiger partial charge in [0.25, 0.3) is 5.91 Å². The van der Waals surface area contributed by atoms with Crippen LogP contribution in [0.1, 0.15) is 19.4 Å². The van der Waals surface area contributed by atoms with Crippen molar-refractivity contribution >= 4 is 35.4 Å². The lowest BCUT2D eigenvalue weighted by molar-refractivity contribution is -0.295. The Morgan fingerprint density at radius 2 is 1.60 bits per heavy atom. The van der Waals surface area contributed by atoms with E-state index in [2.05, 4.69) is 0 Å². The van der Waals surface area contributed by atoms with Gasteiger partial charge in [-0.2, -0.15) is 0 Å². The molecule has 1 amide bonds. The third-order valence-corrected chi connectivity index (χ3v) is 4.24. The van der Waals surface area contributed by atoms with E-state index >= 15 is 0 Å². The van der Waals surface area contributed by atoms with E-state index in [9.17, 15) is 19.2 Å². The second kappa shape index (κ2) is 10.9. The van der Waals surface area contributed by atoms with Gasteiger partial charge in [0.05, 0.1) is 6.61 Å². The molecule has 0 aliphatic carbocycles. The van der Waals surface area contributed by atoms with Crippen LogP contribution < -0.4 is 5.73 Å². The lowest BCUT2D eigenvalue weighted by Crippen LogP contribution is -2.64. The molecule has 0 radical (unpaired) electrons. The van der Waals surface area contributed by atoms with Crippen LogP contribution in [0.25, 0.3) is 0 Å². The standard InChI is InChI=1S/C19H22ClNO9/c1-10(22)27-17-14(26-9-12-6-4-3-5-7-12)15(29-13(24)8-20)16(18(21)25)30-19(17)28-11(2)23/h3-7,14-17,19H,8-9H2,1-2H3,(H2,21,25)/t14-,15+,16?,17?,19+/m0/s1. The summed E-state index contributed by atoms with van der Waals surface area (Å²) in [6, 6.07) is 8.92. The number of halogens is 1. The van der Waals surface area contributed by atoms with Gasteiger partial charge in [0.2, 0.25) is 6.29 Å². The molecule has 1 fully saturated rings. The van der Waals surface area contributed by atoms with Crippen LogP contribution in [0.3, 0.4) is 0 Å². The SMILES string of the molecule is CC(=O)OC1[C@H](OC(C)=O)OC(C(N)=O)[C@H](OC(=O)CCl)[C@@H]1OCc1ccccc1. The maximum Gasteiger partial charge on any atom is 0.321 e. The molecule has 5 atom stereocenters. The van der Waals surface area contributed by atoms with Gasteiger partial charge in [0.1, 0.15) is 12.0 Å². The number of carbonyl (C=O) groups excluding carboxylic acids is 4. The Bertz CT molecular complexity index is 773. The number of hydrogen-bond acceptors (Lipinski definition) is 9. The van der Waals surface area contributed by atoms with Gasteiger partial charge >= 0.3 is 17.9 Å². The first-order valence-corrected chi connectivity index (χ1v) is 9.46. The van der Waals surface area contributed by atoms with Gasteiger partial charge in [-0.15, -0.1) is 11.6 Å². The molecule has 2 unspecified atom stereocenters. The molecular formula is C19H22ClNO9. The van der Waals surface area contributed by atoms with Gasteiger partial charge < -0.3 is 29.4 Å². The summed E-state index contributed by atoms with van der Waals surface area (Å²) in [5.74, 6) is -3.90. The second-order valence-corrected chi connectivity index (χ2v) is 6.63. The predicted molar refractivity (Wildman–Crippen MR) is 101 cm³/mol. The highest BCUT2D eigenvalue weighted by Gasteiger charge is 2.54. The average molecular weight is 444 g/mol. The third kappa shape index (κ3) is 6.41. The van der Waals surface area contributed by atoms with Crippen LogP contribution in [0, 0.1) is 0 Å². The van der Waals surface area contributed by atoms with Crippen molar-refractivity contribution in [1.82, 2.24) is 0 Å². The van der Waals surface area contributed by atoms with E-state index in [0.717, 1.165) is 19.4 Å². The summed E-state index contributed by atoms with van der Waals surface area (Å²) in [4.78, 5) is 47.0. The van der Waals surface area contributed by atoms with Crippen molar-refractivity contribution in [3.63, 3.8) is 0 Å². The molecule has 0 bridgehead atoms. The van der Waals surface area contributed by atoms with E-state index in [1.807, 2.05) is 6.07 Å². The van der Waals surface area contributed by atoms with Crippen molar-refractivity contribution < 1.29 is 42.9 Å². The molecule has 1 aromatic carbocycles. The summed E-state index contributed by atoms with van der Waals surface area (Å²) in [7, 11) is 0. The number of amides is 1. The first-order valence-electron chi connectivity index (χ1n) is 8.93. The minimum Gasteiger partial charge on any atom is -0.455 e. The molecule has 11 heteroatoms. The van der Waals surface area contributed by atoms with Crippen molar-refractivity contribution in [3.8, 4) is 0 Å². The zero-order valence-electron chi connectivity index (χ0n) is 16.3. The lowest BCUT2D eigenvalue weighted by atomic mass is 9.97. The minimum absolute atomic E-state index is 0.00350. The summed E-state index contributed by atoms with van der Waals surface area (Å²) in [6.45, 7) is 2.22. The zero-order valence-corrected chi connectivity index (χ0v) is 17.1. The molecule has 1 saturated heterocycles. The molecule has 1 heterocycles. The Morgan fingerprint density at radius 1 is 0.967 bits per heavy atom. The van der Waals surface area contributed by atoms with Crippen LogP contribution >= 0.6 is 11.6 Å². The quantitative estimate of drug-likeness (QED) is 0.344. The van der Waals surface area contributed by atoms with Crippen LogP contribution in [0.4, 0.5) is 0 Å². The Labute approximate surface area is 177 Å². The average Bonchev–Trinajstić information content (AvgIpc) is 2.68. The summed E-state index contributed by atoms with van der Waals surface area (Å²) >= 11 is 5.51. The highest BCUT2D eigenvalue weighted by atomic mass is 35.5. The Kier molecular flexibility index (Phi) is 8.58. The van der Waals surface area contributed by atoms with Crippen molar-refractivity contribution in [2.24, 2.45) is 5.73 Å². The van der Waals surface area contributed by atoms with Crippen molar-refractivity contribution in [2.45, 2.75) is 51.2 Å². The highest BCUT2D eigenvalue weighted by molar-refractivity contribution is 6.26. The predicted octanol–water partition coefficient (Wildman–Crippen LogP) is 0.427. The zero-order chi connectivity index (χ0) is 22.3. The number of nitrogens with two attached hydrogens (primary N) is 1. The van der Waals surface area contributed by atoms with Gasteiger partial charge in [0, 0.05) is 13.8 Å². The fraction of sp³-hybridized carbons (Fsp3) is 0.474. The first-order chi connectivity index (χ1) is 14.2. The van der Waals surface area contributed by atoms with E-state index in [-0.39, 0.29) is 6.61 Å². The summed E-state index contributed by atoms with van der Waals surface area (Å²) < 4.78 is 26.8. The largest absolute Gasteiger partial charge is 0.455 e. The Balaban J connectivity index is 2.41. The summed E-state index contributed by atoms with van der Waals surface area (Å²) in [6.07, 6.45) is -7.07. The fourth-order valence-electron chi connectivity index (χ4n) is 2.88. The number of carbonyl (C=O) groups is 4. The minimum atomic E-state index is -1.55.